The van der Waals surface area contributed by atoms with Crippen molar-refractivity contribution in [1.29, 1.82) is 0 Å². The van der Waals surface area contributed by atoms with Gasteiger partial charge in [0, 0.05) is 29.3 Å². The van der Waals surface area contributed by atoms with E-state index in [4.69, 9.17) is 0 Å². The molecule has 8 heterocycles. The van der Waals surface area contributed by atoms with Gasteiger partial charge >= 0.3 is 0 Å². The van der Waals surface area contributed by atoms with Gasteiger partial charge in [0.25, 0.3) is 0 Å². The van der Waals surface area contributed by atoms with Gasteiger partial charge in [0.2, 0.25) is 0 Å². The van der Waals surface area contributed by atoms with Crippen LogP contribution >= 0.6 is 139 Å². The minimum absolute atomic E-state index is 1.33. The first-order valence-electron chi connectivity index (χ1n) is 11.8. The molecule has 0 saturated carbocycles. The highest BCUT2D eigenvalue weighted by molar-refractivity contribution is 8.49. The summed E-state index contributed by atoms with van der Waals surface area (Å²) in [5.74, 6) is 0. The highest BCUT2D eigenvalue weighted by Gasteiger charge is 2.31. The largest absolute Gasteiger partial charge is 0.144 e. The first kappa shape index (κ1) is 27.6. The molecular weight excluding hydrogens is 721 g/mol. The van der Waals surface area contributed by atoms with Crippen molar-refractivity contribution >= 4 is 164 Å². The number of hydrogen-bond donors (Lipinski definition) is 0. The lowest BCUT2D eigenvalue weighted by Gasteiger charge is -2.01. The predicted molar refractivity (Wildman–Crippen MR) is 203 cm³/mol. The zero-order chi connectivity index (χ0) is 26.5. The predicted octanol–water partition coefficient (Wildman–Crippen LogP) is 14.4. The van der Waals surface area contributed by atoms with Crippen LogP contribution in [-0.4, -0.2) is 0 Å². The lowest BCUT2D eigenvalue weighted by molar-refractivity contribution is 1.90. The van der Waals surface area contributed by atoms with Crippen LogP contribution in [0.1, 0.15) is 19.5 Å². The molecule has 0 aromatic carbocycles. The van der Waals surface area contributed by atoms with Gasteiger partial charge in [0.05, 0.1) is 33.9 Å². The van der Waals surface area contributed by atoms with Gasteiger partial charge in [-0.2, -0.15) is 0 Å². The number of thioether (sulfide) groups is 8. The molecule has 0 bridgehead atoms. The zero-order valence-corrected chi connectivity index (χ0v) is 29.8. The Bertz CT molecular complexity index is 1610. The second-order valence-corrected chi connectivity index (χ2v) is 22.9. The van der Waals surface area contributed by atoms with Crippen LogP contribution in [0.2, 0.25) is 0 Å². The summed E-state index contributed by atoms with van der Waals surface area (Å²) in [4.78, 5) is 8.01. The molecule has 0 N–H and O–H groups in total. The van der Waals surface area contributed by atoms with Crippen LogP contribution in [0.3, 0.4) is 0 Å². The average Bonchev–Trinajstić information content (AvgIpc) is 3.74. The summed E-state index contributed by atoms with van der Waals surface area (Å²) in [6.45, 7) is 0. The van der Waals surface area contributed by atoms with Crippen LogP contribution in [0.5, 0.6) is 0 Å². The molecule has 0 nitrogen and oxygen atoms in total. The standard InChI is InChI=1S/C28H14S12/c1-3-15(29-9-1)11-21-33-25-26(34-21)38-23(37-25)13-17-5-7-19(31-17)20-8-6-18(32-20)14-24-39-27-28(40-24)36-22(35-27)12-16-4-2-10-30-16/h1-14H. The van der Waals surface area contributed by atoms with Crippen LogP contribution in [0.15, 0.2) is 93.2 Å². The Balaban J connectivity index is 0.888. The van der Waals surface area contributed by atoms with E-state index in [1.165, 1.54) is 63.2 Å². The van der Waals surface area contributed by atoms with Crippen molar-refractivity contribution in [3.8, 4) is 9.75 Å². The van der Waals surface area contributed by atoms with E-state index in [9.17, 15) is 0 Å². The topological polar surface area (TPSA) is 0 Å². The molecule has 0 unspecified atom stereocenters. The zero-order valence-electron chi connectivity index (χ0n) is 20.0. The van der Waals surface area contributed by atoms with Gasteiger partial charge in [-0.1, -0.05) is 106 Å². The molecule has 0 amide bonds. The third-order valence-corrected chi connectivity index (χ3v) is 20.1. The van der Waals surface area contributed by atoms with Crippen LogP contribution in [0.4, 0.5) is 0 Å². The van der Waals surface area contributed by atoms with Crippen molar-refractivity contribution in [2.45, 2.75) is 0 Å². The minimum Gasteiger partial charge on any atom is -0.144 e. The Morgan fingerprint density at radius 3 is 1.05 bits per heavy atom. The van der Waals surface area contributed by atoms with Crippen LogP contribution < -0.4 is 0 Å². The highest BCUT2D eigenvalue weighted by atomic mass is 32.3. The SMILES string of the molecule is C(=C1SC2=C(S1)SC(=Cc1ccc(-c3ccc(C=C4SC5=C(SC(=Cc6cccs6)S5)S4)s3)s1)S2)c1cccs1. The monoisotopic (exact) mass is 734 g/mol. The van der Waals surface area contributed by atoms with E-state index in [-0.39, 0.29) is 0 Å². The van der Waals surface area contributed by atoms with Gasteiger partial charge in [-0.15, -0.1) is 45.3 Å². The van der Waals surface area contributed by atoms with Gasteiger partial charge in [0.15, 0.2) is 0 Å². The molecule has 0 atom stereocenters. The van der Waals surface area contributed by atoms with Crippen LogP contribution in [0, 0.1) is 0 Å². The summed E-state index contributed by atoms with van der Waals surface area (Å²) in [6, 6.07) is 17.7. The Labute approximate surface area is 282 Å². The molecule has 198 valence electrons. The normalized spacial score (nSPS) is 18.3. The van der Waals surface area contributed by atoms with Gasteiger partial charge in [0.1, 0.15) is 0 Å². The quantitative estimate of drug-likeness (QED) is 0.196. The van der Waals surface area contributed by atoms with Crippen molar-refractivity contribution in [3.63, 3.8) is 0 Å². The molecule has 4 aromatic rings. The summed E-state index contributed by atoms with van der Waals surface area (Å²) < 4.78 is 11.3. The molecule has 0 aliphatic carbocycles. The van der Waals surface area contributed by atoms with E-state index in [0.29, 0.717) is 0 Å². The molecule has 0 fully saturated rings. The van der Waals surface area contributed by atoms with E-state index in [2.05, 4.69) is 83.6 Å². The second kappa shape index (κ2) is 12.2. The van der Waals surface area contributed by atoms with E-state index >= 15 is 0 Å². The lowest BCUT2D eigenvalue weighted by atomic mass is 10.3. The Morgan fingerprint density at radius 1 is 0.375 bits per heavy atom. The summed E-state index contributed by atoms with van der Waals surface area (Å²) in [5.41, 5.74) is 0. The van der Waals surface area contributed by atoms with Crippen LogP contribution in [-0.2, 0) is 0 Å². The summed E-state index contributed by atoms with van der Waals surface area (Å²) in [6.07, 6.45) is 9.34. The van der Waals surface area contributed by atoms with Crippen molar-refractivity contribution in [3.05, 3.63) is 113 Å². The third-order valence-electron chi connectivity index (χ3n) is 5.50. The fraction of sp³-hybridized carbons (Fsp3) is 0. The number of hydrogen-bond acceptors (Lipinski definition) is 12. The lowest BCUT2D eigenvalue weighted by Crippen LogP contribution is -1.67. The molecule has 4 aromatic heterocycles. The maximum absolute atomic E-state index is 2.36. The summed E-state index contributed by atoms with van der Waals surface area (Å²) >= 11 is 22.7. The van der Waals surface area contributed by atoms with Crippen molar-refractivity contribution in [2.75, 3.05) is 0 Å². The van der Waals surface area contributed by atoms with E-state index in [1.54, 1.807) is 22.7 Å². The number of rotatable bonds is 5. The highest BCUT2D eigenvalue weighted by Crippen LogP contribution is 2.68. The van der Waals surface area contributed by atoms with Gasteiger partial charge < -0.3 is 0 Å². The van der Waals surface area contributed by atoms with Gasteiger partial charge in [-0.25, -0.2) is 0 Å². The third kappa shape index (κ3) is 6.16. The number of thiophene rings is 4. The maximum Gasteiger partial charge on any atom is 0.0716 e. The molecular formula is C28H14S12. The molecule has 40 heavy (non-hydrogen) atoms. The Kier molecular flexibility index (Phi) is 8.41. The molecule has 4 aliphatic heterocycles. The molecule has 0 radical (unpaired) electrons. The summed E-state index contributed by atoms with van der Waals surface area (Å²) in [7, 11) is 0. The molecule has 12 heteroatoms. The fourth-order valence-electron chi connectivity index (χ4n) is 3.80. The first-order valence-corrected chi connectivity index (χ1v) is 21.7. The van der Waals surface area contributed by atoms with E-state index in [0.717, 1.165) is 0 Å². The maximum atomic E-state index is 2.36. The smallest absolute Gasteiger partial charge is 0.0716 e. The second-order valence-electron chi connectivity index (χ2n) is 8.25. The average molecular weight is 735 g/mol. The van der Waals surface area contributed by atoms with E-state index < -0.39 is 0 Å². The van der Waals surface area contributed by atoms with Crippen LogP contribution in [0.25, 0.3) is 34.1 Å². The van der Waals surface area contributed by atoms with Gasteiger partial charge in [-0.3, -0.25) is 0 Å². The summed E-state index contributed by atoms with van der Waals surface area (Å²) in [5, 5.41) is 4.28. The minimum atomic E-state index is 1.33. The van der Waals surface area contributed by atoms with Crippen molar-refractivity contribution in [1.82, 2.24) is 0 Å². The molecule has 4 aliphatic rings. The van der Waals surface area contributed by atoms with Crippen molar-refractivity contribution < 1.29 is 0 Å². The Hall–Kier alpha value is 0.0400. The fourth-order valence-corrected chi connectivity index (χ4v) is 20.1. The first-order chi connectivity index (χ1) is 19.7. The molecule has 0 spiro atoms. The van der Waals surface area contributed by atoms with Crippen molar-refractivity contribution in [2.24, 2.45) is 0 Å². The van der Waals surface area contributed by atoms with Gasteiger partial charge in [-0.05, 0) is 71.5 Å². The molecule has 0 saturated heterocycles. The molecule has 8 rings (SSSR count). The van der Waals surface area contributed by atoms with E-state index in [1.807, 2.05) is 117 Å². The Morgan fingerprint density at radius 2 is 0.725 bits per heavy atom.